The molecule has 0 bridgehead atoms. The molecular formula is C18H21N5O2. The van der Waals surface area contributed by atoms with Crippen LogP contribution in [-0.4, -0.2) is 25.2 Å². The number of carbonyl (C=O) groups is 1. The van der Waals surface area contributed by atoms with Crippen LogP contribution in [-0.2, 0) is 24.4 Å². The smallest absolute Gasteiger partial charge is 0.267 e. The number of nitrogens with one attached hydrogen (secondary N) is 1. The molecule has 1 amide bonds. The van der Waals surface area contributed by atoms with Crippen LogP contribution in [0, 0.1) is 13.8 Å². The molecule has 0 aliphatic rings. The van der Waals surface area contributed by atoms with E-state index in [1.165, 1.54) is 10.7 Å². The highest BCUT2D eigenvalue weighted by Gasteiger charge is 2.11. The highest BCUT2D eigenvalue weighted by atomic mass is 16.2. The first-order valence-electron chi connectivity index (χ1n) is 8.25. The summed E-state index contributed by atoms with van der Waals surface area (Å²) in [7, 11) is 0. The fourth-order valence-corrected chi connectivity index (χ4v) is 2.77. The number of hydrogen-bond donors (Lipinski definition) is 1. The minimum atomic E-state index is -0.279. The summed E-state index contributed by atoms with van der Waals surface area (Å²) in [5.74, 6) is 0.519. The van der Waals surface area contributed by atoms with Crippen molar-refractivity contribution in [3.8, 4) is 0 Å². The van der Waals surface area contributed by atoms with E-state index in [9.17, 15) is 9.59 Å². The van der Waals surface area contributed by atoms with Crippen molar-refractivity contribution in [3.63, 3.8) is 0 Å². The molecule has 7 heteroatoms. The van der Waals surface area contributed by atoms with Crippen molar-refractivity contribution in [3.05, 3.63) is 57.8 Å². The van der Waals surface area contributed by atoms with Gasteiger partial charge in [-0.2, -0.15) is 5.10 Å². The maximum atomic E-state index is 12.2. The maximum absolute atomic E-state index is 12.2. The molecule has 1 N–H and O–H groups in total. The fourth-order valence-electron chi connectivity index (χ4n) is 2.77. The molecular weight excluding hydrogens is 318 g/mol. The van der Waals surface area contributed by atoms with E-state index in [0.29, 0.717) is 6.54 Å². The van der Waals surface area contributed by atoms with Crippen LogP contribution in [0.3, 0.4) is 0 Å². The number of hydrogen-bond acceptors (Lipinski definition) is 4. The second-order valence-electron chi connectivity index (χ2n) is 5.95. The zero-order chi connectivity index (χ0) is 18.0. The average molecular weight is 339 g/mol. The maximum Gasteiger partial charge on any atom is 0.267 e. The summed E-state index contributed by atoms with van der Waals surface area (Å²) >= 11 is 0. The number of carbonyl (C=O) groups excluding carboxylic acids is 1. The van der Waals surface area contributed by atoms with Crippen LogP contribution in [0.1, 0.15) is 24.0 Å². The van der Waals surface area contributed by atoms with Crippen LogP contribution < -0.4 is 10.9 Å². The largest absolute Gasteiger partial charge is 0.347 e. The number of amides is 1. The van der Waals surface area contributed by atoms with E-state index in [4.69, 9.17) is 0 Å². The van der Waals surface area contributed by atoms with Crippen LogP contribution in [0.25, 0.3) is 11.0 Å². The lowest BCUT2D eigenvalue weighted by atomic mass is 10.2. The zero-order valence-corrected chi connectivity index (χ0v) is 14.6. The lowest BCUT2D eigenvalue weighted by Crippen LogP contribution is -2.34. The Kier molecular flexibility index (Phi) is 4.65. The number of nitrogens with zero attached hydrogens (tertiary/aromatic N) is 4. The molecule has 25 heavy (non-hydrogen) atoms. The van der Waals surface area contributed by atoms with E-state index >= 15 is 0 Å². The Morgan fingerprint density at radius 2 is 2.00 bits per heavy atom. The Morgan fingerprint density at radius 3 is 2.76 bits per heavy atom. The summed E-state index contributed by atoms with van der Waals surface area (Å²) in [4.78, 5) is 28.7. The zero-order valence-electron chi connectivity index (χ0n) is 14.6. The second-order valence-corrected chi connectivity index (χ2v) is 5.95. The summed E-state index contributed by atoms with van der Waals surface area (Å²) in [5.41, 5.74) is 3.22. The van der Waals surface area contributed by atoms with Crippen molar-refractivity contribution >= 4 is 16.9 Å². The SMILES string of the molecule is CCn1c(CNC(=O)Cn2nc(C)c(C)cc2=O)nc2ccccc21. The number of para-hydroxylation sites is 2. The van der Waals surface area contributed by atoms with Crippen LogP contribution in [0.4, 0.5) is 0 Å². The molecule has 0 saturated carbocycles. The fraction of sp³-hybridized carbons (Fsp3) is 0.333. The lowest BCUT2D eigenvalue weighted by molar-refractivity contribution is -0.122. The standard InChI is InChI=1S/C18H21N5O2/c1-4-22-15-8-6-5-7-14(15)20-16(22)10-19-17(24)11-23-18(25)9-12(2)13(3)21-23/h5-9H,4,10-11H2,1-3H3,(H,19,24). The molecule has 2 aromatic heterocycles. The second kappa shape index (κ2) is 6.88. The Hall–Kier alpha value is -2.96. The lowest BCUT2D eigenvalue weighted by Gasteiger charge is -2.09. The van der Waals surface area contributed by atoms with Gasteiger partial charge < -0.3 is 9.88 Å². The first kappa shape index (κ1) is 16.9. The first-order chi connectivity index (χ1) is 12.0. The Bertz CT molecular complexity index is 987. The third kappa shape index (κ3) is 3.45. The quantitative estimate of drug-likeness (QED) is 0.764. The van der Waals surface area contributed by atoms with Crippen LogP contribution >= 0.6 is 0 Å². The summed E-state index contributed by atoms with van der Waals surface area (Å²) in [6, 6.07) is 9.36. The average Bonchev–Trinajstić information content (AvgIpc) is 2.95. The molecule has 0 unspecified atom stereocenters. The van der Waals surface area contributed by atoms with Gasteiger partial charge in [0.15, 0.2) is 0 Å². The molecule has 0 spiro atoms. The van der Waals surface area contributed by atoms with Gasteiger partial charge >= 0.3 is 0 Å². The molecule has 130 valence electrons. The van der Waals surface area contributed by atoms with E-state index in [1.54, 1.807) is 0 Å². The molecule has 3 rings (SSSR count). The van der Waals surface area contributed by atoms with Crippen molar-refractivity contribution in [2.45, 2.75) is 40.4 Å². The summed E-state index contributed by atoms with van der Waals surface area (Å²) < 4.78 is 3.25. The summed E-state index contributed by atoms with van der Waals surface area (Å²) in [6.45, 7) is 6.64. The minimum absolute atomic E-state index is 0.105. The molecule has 0 aliphatic heterocycles. The van der Waals surface area contributed by atoms with Crippen molar-refractivity contribution in [1.29, 1.82) is 0 Å². The van der Waals surface area contributed by atoms with E-state index < -0.39 is 0 Å². The molecule has 0 atom stereocenters. The summed E-state index contributed by atoms with van der Waals surface area (Å²) in [6.07, 6.45) is 0. The third-order valence-corrected chi connectivity index (χ3v) is 4.22. The number of benzene rings is 1. The highest BCUT2D eigenvalue weighted by Crippen LogP contribution is 2.15. The van der Waals surface area contributed by atoms with Gasteiger partial charge in [0.2, 0.25) is 5.91 Å². The first-order valence-corrected chi connectivity index (χ1v) is 8.25. The van der Waals surface area contributed by atoms with Crippen molar-refractivity contribution < 1.29 is 4.79 Å². The number of rotatable bonds is 5. The van der Waals surface area contributed by atoms with E-state index in [0.717, 1.165) is 34.7 Å². The molecule has 2 heterocycles. The predicted octanol–water partition coefficient (Wildman–Crippen LogP) is 1.55. The number of aryl methyl sites for hydroxylation is 3. The Morgan fingerprint density at radius 1 is 1.24 bits per heavy atom. The topological polar surface area (TPSA) is 81.8 Å². The van der Waals surface area contributed by atoms with Gasteiger partial charge in [-0.05, 0) is 38.5 Å². The van der Waals surface area contributed by atoms with Crippen LogP contribution in [0.5, 0.6) is 0 Å². The number of aromatic nitrogens is 4. The monoisotopic (exact) mass is 339 g/mol. The van der Waals surface area contributed by atoms with Crippen molar-refractivity contribution in [2.75, 3.05) is 0 Å². The van der Waals surface area contributed by atoms with Gasteiger partial charge in [0, 0.05) is 12.6 Å². The molecule has 0 fully saturated rings. The molecule has 0 saturated heterocycles. The van der Waals surface area contributed by atoms with E-state index in [1.807, 2.05) is 45.0 Å². The molecule has 3 aromatic rings. The Balaban J connectivity index is 1.73. The van der Waals surface area contributed by atoms with Crippen molar-refractivity contribution in [1.82, 2.24) is 24.6 Å². The van der Waals surface area contributed by atoms with Gasteiger partial charge in [0.05, 0.1) is 23.3 Å². The molecule has 7 nitrogen and oxygen atoms in total. The van der Waals surface area contributed by atoms with Crippen LogP contribution in [0.15, 0.2) is 35.1 Å². The van der Waals surface area contributed by atoms with Crippen molar-refractivity contribution in [2.24, 2.45) is 0 Å². The van der Waals surface area contributed by atoms with E-state index in [-0.39, 0.29) is 18.0 Å². The van der Waals surface area contributed by atoms with Crippen LogP contribution in [0.2, 0.25) is 0 Å². The van der Waals surface area contributed by atoms with Gasteiger partial charge in [0.1, 0.15) is 12.4 Å². The highest BCUT2D eigenvalue weighted by molar-refractivity contribution is 5.77. The Labute approximate surface area is 145 Å². The molecule has 0 radical (unpaired) electrons. The number of imidazole rings is 1. The van der Waals surface area contributed by atoms with Gasteiger partial charge in [0.25, 0.3) is 5.56 Å². The van der Waals surface area contributed by atoms with Gasteiger partial charge in [-0.15, -0.1) is 0 Å². The third-order valence-electron chi connectivity index (χ3n) is 4.22. The molecule has 0 aliphatic carbocycles. The number of fused-ring (bicyclic) bond motifs is 1. The molecule has 1 aromatic carbocycles. The van der Waals surface area contributed by atoms with E-state index in [2.05, 4.69) is 20.0 Å². The van der Waals surface area contributed by atoms with Gasteiger partial charge in [-0.25, -0.2) is 9.67 Å². The van der Waals surface area contributed by atoms with Gasteiger partial charge in [-0.3, -0.25) is 9.59 Å². The minimum Gasteiger partial charge on any atom is -0.347 e. The summed E-state index contributed by atoms with van der Waals surface area (Å²) in [5, 5.41) is 6.98. The normalized spacial score (nSPS) is 11.0. The van der Waals surface area contributed by atoms with Gasteiger partial charge in [-0.1, -0.05) is 12.1 Å². The predicted molar refractivity (Wildman–Crippen MR) is 95.2 cm³/mol.